The monoisotopic (exact) mass is 386 g/mol. The topological polar surface area (TPSA) is 70.8 Å². The van der Waals surface area contributed by atoms with Crippen LogP contribution in [0.1, 0.15) is 23.3 Å². The van der Waals surface area contributed by atoms with Gasteiger partial charge in [0.2, 0.25) is 15.9 Å². The van der Waals surface area contributed by atoms with Gasteiger partial charge in [-0.2, -0.15) is 4.31 Å². The lowest BCUT2D eigenvalue weighted by Gasteiger charge is -2.33. The van der Waals surface area contributed by atoms with E-state index in [0.717, 1.165) is 24.8 Å². The van der Waals surface area contributed by atoms with Crippen molar-refractivity contribution in [3.05, 3.63) is 59.6 Å². The zero-order chi connectivity index (χ0) is 18.9. The van der Waals surface area contributed by atoms with Gasteiger partial charge < -0.3 is 9.32 Å². The SMILES string of the molecule is O=C(C=Cc1ccco1)N1CCN(S(=O)(=O)c2ccc3c(c2)CCC3)CC1. The second-order valence-electron chi connectivity index (χ2n) is 6.86. The van der Waals surface area contributed by atoms with Gasteiger partial charge in [-0.05, 0) is 60.7 Å². The lowest BCUT2D eigenvalue weighted by atomic mass is 10.1. The fourth-order valence-electron chi connectivity index (χ4n) is 3.65. The van der Waals surface area contributed by atoms with E-state index < -0.39 is 10.0 Å². The van der Waals surface area contributed by atoms with Crippen LogP contribution in [0.15, 0.2) is 52.0 Å². The van der Waals surface area contributed by atoms with E-state index in [0.29, 0.717) is 36.8 Å². The highest BCUT2D eigenvalue weighted by atomic mass is 32.2. The van der Waals surface area contributed by atoms with Gasteiger partial charge in [-0.25, -0.2) is 8.42 Å². The first-order valence-electron chi connectivity index (χ1n) is 9.16. The van der Waals surface area contributed by atoms with Crippen molar-refractivity contribution < 1.29 is 17.6 Å². The van der Waals surface area contributed by atoms with Crippen LogP contribution in [-0.4, -0.2) is 49.7 Å². The van der Waals surface area contributed by atoms with Gasteiger partial charge in [-0.1, -0.05) is 6.07 Å². The predicted octanol–water partition coefficient (Wildman–Crippen LogP) is 2.31. The average molecular weight is 386 g/mol. The van der Waals surface area contributed by atoms with E-state index in [9.17, 15) is 13.2 Å². The van der Waals surface area contributed by atoms with Gasteiger partial charge in [0.1, 0.15) is 5.76 Å². The largest absolute Gasteiger partial charge is 0.465 e. The summed E-state index contributed by atoms with van der Waals surface area (Å²) < 4.78 is 32.5. The molecule has 7 heteroatoms. The number of aryl methyl sites for hydroxylation is 2. The van der Waals surface area contributed by atoms with Crippen LogP contribution in [0.2, 0.25) is 0 Å². The highest BCUT2D eigenvalue weighted by molar-refractivity contribution is 7.89. The second kappa shape index (κ2) is 7.32. The summed E-state index contributed by atoms with van der Waals surface area (Å²) >= 11 is 0. The van der Waals surface area contributed by atoms with Crippen molar-refractivity contribution in [3.63, 3.8) is 0 Å². The molecule has 1 aromatic heterocycles. The molecule has 1 amide bonds. The molecule has 0 radical (unpaired) electrons. The minimum absolute atomic E-state index is 0.138. The van der Waals surface area contributed by atoms with Crippen LogP contribution in [0.25, 0.3) is 6.08 Å². The lowest BCUT2D eigenvalue weighted by molar-refractivity contribution is -0.127. The Labute approximate surface area is 159 Å². The summed E-state index contributed by atoms with van der Waals surface area (Å²) in [6, 6.07) is 9.00. The van der Waals surface area contributed by atoms with Crippen LogP contribution in [-0.2, 0) is 27.7 Å². The summed E-state index contributed by atoms with van der Waals surface area (Å²) in [4.78, 5) is 14.3. The van der Waals surface area contributed by atoms with Crippen molar-refractivity contribution in [1.29, 1.82) is 0 Å². The quantitative estimate of drug-likeness (QED) is 0.756. The van der Waals surface area contributed by atoms with Gasteiger partial charge in [0.05, 0.1) is 11.2 Å². The second-order valence-corrected chi connectivity index (χ2v) is 8.80. The van der Waals surface area contributed by atoms with Gasteiger partial charge in [-0.3, -0.25) is 4.79 Å². The Morgan fingerprint density at radius 1 is 1.04 bits per heavy atom. The highest BCUT2D eigenvalue weighted by Crippen LogP contribution is 2.26. The van der Waals surface area contributed by atoms with Crippen molar-refractivity contribution in [3.8, 4) is 0 Å². The third-order valence-electron chi connectivity index (χ3n) is 5.19. The van der Waals surface area contributed by atoms with Crippen LogP contribution in [0, 0.1) is 0 Å². The molecule has 0 atom stereocenters. The number of piperazine rings is 1. The van der Waals surface area contributed by atoms with Crippen LogP contribution < -0.4 is 0 Å². The van der Waals surface area contributed by atoms with Crippen LogP contribution in [0.4, 0.5) is 0 Å². The van der Waals surface area contributed by atoms with Crippen molar-refractivity contribution >= 4 is 22.0 Å². The molecule has 2 heterocycles. The van der Waals surface area contributed by atoms with Gasteiger partial charge in [0, 0.05) is 32.3 Å². The van der Waals surface area contributed by atoms with E-state index in [4.69, 9.17) is 4.42 Å². The average Bonchev–Trinajstić information content (AvgIpc) is 3.37. The smallest absolute Gasteiger partial charge is 0.246 e. The Morgan fingerprint density at radius 3 is 2.56 bits per heavy atom. The van der Waals surface area contributed by atoms with Crippen LogP contribution in [0.5, 0.6) is 0 Å². The zero-order valence-corrected chi connectivity index (χ0v) is 15.8. The lowest BCUT2D eigenvalue weighted by Crippen LogP contribution is -2.50. The molecule has 0 N–H and O–H groups in total. The predicted molar refractivity (Wildman–Crippen MR) is 102 cm³/mol. The zero-order valence-electron chi connectivity index (χ0n) is 15.0. The van der Waals surface area contributed by atoms with Crippen molar-refractivity contribution in [2.75, 3.05) is 26.2 Å². The number of sulfonamides is 1. The summed E-state index contributed by atoms with van der Waals surface area (Å²) in [5.41, 5.74) is 2.40. The molecule has 0 spiro atoms. The number of carbonyl (C=O) groups excluding carboxylic acids is 1. The highest BCUT2D eigenvalue weighted by Gasteiger charge is 2.30. The molecule has 142 valence electrons. The molecule has 0 unspecified atom stereocenters. The minimum atomic E-state index is -3.52. The molecule has 2 aliphatic rings. The number of benzene rings is 1. The maximum absolute atomic E-state index is 12.9. The number of hydrogen-bond acceptors (Lipinski definition) is 4. The van der Waals surface area contributed by atoms with E-state index in [1.807, 2.05) is 12.1 Å². The fourth-order valence-corrected chi connectivity index (χ4v) is 5.12. The third kappa shape index (κ3) is 3.70. The molecule has 1 fully saturated rings. The van der Waals surface area contributed by atoms with Crippen LogP contribution >= 0.6 is 0 Å². The molecule has 1 aliphatic carbocycles. The van der Waals surface area contributed by atoms with Crippen LogP contribution in [0.3, 0.4) is 0 Å². The van der Waals surface area contributed by atoms with E-state index in [1.165, 1.54) is 15.9 Å². The fraction of sp³-hybridized carbons (Fsp3) is 0.350. The van der Waals surface area contributed by atoms with Gasteiger partial charge in [0.15, 0.2) is 0 Å². The Kier molecular flexibility index (Phi) is 4.88. The van der Waals surface area contributed by atoms with Crippen molar-refractivity contribution in [2.45, 2.75) is 24.2 Å². The van der Waals surface area contributed by atoms with E-state index in [1.54, 1.807) is 35.4 Å². The van der Waals surface area contributed by atoms with Gasteiger partial charge >= 0.3 is 0 Å². The molecule has 1 saturated heterocycles. The summed E-state index contributed by atoms with van der Waals surface area (Å²) in [6.07, 6.45) is 7.70. The van der Waals surface area contributed by atoms with Gasteiger partial charge in [0.25, 0.3) is 0 Å². The van der Waals surface area contributed by atoms with Gasteiger partial charge in [-0.15, -0.1) is 0 Å². The molecule has 0 saturated carbocycles. The molecule has 1 aliphatic heterocycles. The maximum Gasteiger partial charge on any atom is 0.246 e. The number of furan rings is 1. The number of carbonyl (C=O) groups is 1. The molecule has 27 heavy (non-hydrogen) atoms. The number of fused-ring (bicyclic) bond motifs is 1. The first-order chi connectivity index (χ1) is 13.0. The number of amides is 1. The number of hydrogen-bond donors (Lipinski definition) is 0. The Balaban J connectivity index is 1.40. The van der Waals surface area contributed by atoms with E-state index >= 15 is 0 Å². The molecular formula is C20H22N2O4S. The number of rotatable bonds is 4. The molecule has 2 aromatic rings. The van der Waals surface area contributed by atoms with Crippen molar-refractivity contribution in [2.24, 2.45) is 0 Å². The molecule has 0 bridgehead atoms. The normalized spacial score (nSPS) is 18.1. The summed E-state index contributed by atoms with van der Waals surface area (Å²) in [5.74, 6) is 0.474. The summed E-state index contributed by atoms with van der Waals surface area (Å²) in [7, 11) is -3.52. The standard InChI is InChI=1S/C20H22N2O4S/c23-20(9-7-18-5-2-14-26-18)21-10-12-22(13-11-21)27(24,25)19-8-6-16-3-1-4-17(16)15-19/h2,5-9,14-15H,1,3-4,10-13H2. The number of nitrogens with zero attached hydrogens (tertiary/aromatic N) is 2. The Hall–Kier alpha value is -2.38. The third-order valence-corrected chi connectivity index (χ3v) is 7.09. The molecule has 4 rings (SSSR count). The van der Waals surface area contributed by atoms with E-state index in [2.05, 4.69) is 0 Å². The maximum atomic E-state index is 12.9. The van der Waals surface area contributed by atoms with E-state index in [-0.39, 0.29) is 5.91 Å². The summed E-state index contributed by atoms with van der Waals surface area (Å²) in [5, 5.41) is 0. The van der Waals surface area contributed by atoms with Crippen molar-refractivity contribution in [1.82, 2.24) is 9.21 Å². The molecule has 6 nitrogen and oxygen atoms in total. The molecular weight excluding hydrogens is 364 g/mol. The molecule has 1 aromatic carbocycles. The Bertz CT molecular complexity index is 956. The summed E-state index contributed by atoms with van der Waals surface area (Å²) in [6.45, 7) is 1.37. The first kappa shape index (κ1) is 18.0. The first-order valence-corrected chi connectivity index (χ1v) is 10.6. The minimum Gasteiger partial charge on any atom is -0.465 e. The Morgan fingerprint density at radius 2 is 1.81 bits per heavy atom.